The maximum absolute atomic E-state index is 12.3. The molecule has 0 spiro atoms. The van der Waals surface area contributed by atoms with Crippen LogP contribution < -0.4 is 14.8 Å². The van der Waals surface area contributed by atoms with Gasteiger partial charge in [-0.15, -0.1) is 0 Å². The normalized spacial score (nSPS) is 10.4. The Kier molecular flexibility index (Phi) is 5.53. The van der Waals surface area contributed by atoms with Crippen molar-refractivity contribution in [1.82, 2.24) is 15.1 Å². The Labute approximate surface area is 152 Å². The molecular formula is C20H21N3O3. The van der Waals surface area contributed by atoms with Crippen molar-refractivity contribution in [2.75, 3.05) is 20.8 Å². The summed E-state index contributed by atoms with van der Waals surface area (Å²) in [7, 11) is 3.21. The highest BCUT2D eigenvalue weighted by atomic mass is 16.5. The molecule has 1 aromatic heterocycles. The molecule has 0 aliphatic carbocycles. The van der Waals surface area contributed by atoms with Crippen molar-refractivity contribution in [3.8, 4) is 17.2 Å². The predicted molar refractivity (Wildman–Crippen MR) is 99.1 cm³/mol. The van der Waals surface area contributed by atoms with Gasteiger partial charge in [-0.2, -0.15) is 5.10 Å². The van der Waals surface area contributed by atoms with Gasteiger partial charge in [0.2, 0.25) is 0 Å². The molecule has 3 aromatic rings. The van der Waals surface area contributed by atoms with E-state index in [1.165, 1.54) is 0 Å². The van der Waals surface area contributed by atoms with Crippen LogP contribution in [0.15, 0.2) is 60.9 Å². The first kappa shape index (κ1) is 17.5. The van der Waals surface area contributed by atoms with Gasteiger partial charge in [-0.3, -0.25) is 4.79 Å². The summed E-state index contributed by atoms with van der Waals surface area (Å²) in [6.45, 7) is 0.537. The number of hydrogen-bond donors (Lipinski definition) is 1. The molecule has 0 radical (unpaired) electrons. The Morgan fingerprint density at radius 3 is 2.50 bits per heavy atom. The molecule has 0 atom stereocenters. The number of aromatic nitrogens is 2. The number of carbonyl (C=O) groups excluding carboxylic acids is 1. The molecule has 3 rings (SSSR count). The van der Waals surface area contributed by atoms with E-state index in [1.807, 2.05) is 42.6 Å². The van der Waals surface area contributed by atoms with Gasteiger partial charge in [0.05, 0.1) is 19.9 Å². The van der Waals surface area contributed by atoms with Crippen molar-refractivity contribution in [2.45, 2.75) is 6.42 Å². The highest BCUT2D eigenvalue weighted by Gasteiger charge is 2.07. The second kappa shape index (κ2) is 8.20. The van der Waals surface area contributed by atoms with Crippen LogP contribution in [0.5, 0.6) is 11.5 Å². The number of methoxy groups -OCH3 is 2. The largest absolute Gasteiger partial charge is 0.493 e. The highest BCUT2D eigenvalue weighted by Crippen LogP contribution is 2.27. The molecule has 0 aliphatic heterocycles. The van der Waals surface area contributed by atoms with E-state index in [2.05, 4.69) is 10.4 Å². The summed E-state index contributed by atoms with van der Waals surface area (Å²) >= 11 is 0. The number of nitrogens with one attached hydrogen (secondary N) is 1. The molecule has 134 valence electrons. The molecule has 2 aromatic carbocycles. The van der Waals surface area contributed by atoms with Crippen LogP contribution in [0.25, 0.3) is 5.69 Å². The zero-order chi connectivity index (χ0) is 18.4. The monoisotopic (exact) mass is 351 g/mol. The minimum absolute atomic E-state index is 0.0995. The summed E-state index contributed by atoms with van der Waals surface area (Å²) in [4.78, 5) is 12.3. The van der Waals surface area contributed by atoms with Crippen molar-refractivity contribution < 1.29 is 14.3 Å². The quantitative estimate of drug-likeness (QED) is 0.711. The van der Waals surface area contributed by atoms with E-state index in [1.54, 1.807) is 37.2 Å². The first-order chi connectivity index (χ1) is 12.7. The lowest BCUT2D eigenvalue weighted by Gasteiger charge is -2.10. The summed E-state index contributed by atoms with van der Waals surface area (Å²) in [6, 6.07) is 14.9. The Morgan fingerprint density at radius 2 is 1.85 bits per heavy atom. The van der Waals surface area contributed by atoms with Crippen LogP contribution in [0.1, 0.15) is 15.9 Å². The molecule has 0 saturated heterocycles. The maximum atomic E-state index is 12.3. The zero-order valence-corrected chi connectivity index (χ0v) is 14.8. The molecule has 0 unspecified atom stereocenters. The van der Waals surface area contributed by atoms with Gasteiger partial charge in [0, 0.05) is 24.5 Å². The van der Waals surface area contributed by atoms with E-state index in [-0.39, 0.29) is 5.91 Å². The van der Waals surface area contributed by atoms with Crippen LogP contribution in [0, 0.1) is 0 Å². The summed E-state index contributed by atoms with van der Waals surface area (Å²) in [5.74, 6) is 1.28. The van der Waals surface area contributed by atoms with Gasteiger partial charge in [-0.1, -0.05) is 6.07 Å². The Bertz CT molecular complexity index is 859. The number of rotatable bonds is 7. The van der Waals surface area contributed by atoms with Crippen molar-refractivity contribution in [3.05, 3.63) is 72.1 Å². The lowest BCUT2D eigenvalue weighted by molar-refractivity contribution is 0.0954. The van der Waals surface area contributed by atoms with Crippen LogP contribution in [-0.2, 0) is 6.42 Å². The first-order valence-corrected chi connectivity index (χ1v) is 8.30. The molecular weight excluding hydrogens is 330 g/mol. The molecule has 6 nitrogen and oxygen atoms in total. The van der Waals surface area contributed by atoms with Crippen molar-refractivity contribution in [1.29, 1.82) is 0 Å². The summed E-state index contributed by atoms with van der Waals surface area (Å²) < 4.78 is 12.3. The molecule has 0 bridgehead atoms. The Hall–Kier alpha value is -3.28. The van der Waals surface area contributed by atoms with Crippen molar-refractivity contribution >= 4 is 5.91 Å². The van der Waals surface area contributed by atoms with Gasteiger partial charge < -0.3 is 14.8 Å². The van der Waals surface area contributed by atoms with Gasteiger partial charge >= 0.3 is 0 Å². The fourth-order valence-corrected chi connectivity index (χ4v) is 2.65. The molecule has 1 N–H and O–H groups in total. The predicted octanol–water partition coefficient (Wildman–Crippen LogP) is 2.86. The fourth-order valence-electron chi connectivity index (χ4n) is 2.65. The second-order valence-corrected chi connectivity index (χ2v) is 5.69. The molecule has 26 heavy (non-hydrogen) atoms. The maximum Gasteiger partial charge on any atom is 0.251 e. The summed E-state index contributed by atoms with van der Waals surface area (Å²) in [6.07, 6.45) is 4.28. The molecule has 0 aliphatic rings. The number of hydrogen-bond acceptors (Lipinski definition) is 4. The van der Waals surface area contributed by atoms with Gasteiger partial charge in [-0.25, -0.2) is 4.68 Å². The van der Waals surface area contributed by atoms with Crippen molar-refractivity contribution in [2.24, 2.45) is 0 Å². The van der Waals surface area contributed by atoms with Crippen LogP contribution in [0.2, 0.25) is 0 Å². The van der Waals surface area contributed by atoms with E-state index in [9.17, 15) is 4.79 Å². The molecule has 1 amide bonds. The van der Waals surface area contributed by atoms with E-state index >= 15 is 0 Å². The third-order valence-electron chi connectivity index (χ3n) is 4.05. The SMILES string of the molecule is COc1ccc(CCNC(=O)c2ccc(-n3cccn3)cc2)cc1OC. The van der Waals surface area contributed by atoms with Crippen LogP contribution in [-0.4, -0.2) is 36.5 Å². The second-order valence-electron chi connectivity index (χ2n) is 5.69. The number of benzene rings is 2. The van der Waals surface area contributed by atoms with Gasteiger partial charge in [-0.05, 0) is 54.4 Å². The average molecular weight is 351 g/mol. The number of carbonyl (C=O) groups is 1. The fraction of sp³-hybridized carbons (Fsp3) is 0.200. The lowest BCUT2D eigenvalue weighted by atomic mass is 10.1. The van der Waals surface area contributed by atoms with Crippen LogP contribution in [0.4, 0.5) is 0 Å². The minimum Gasteiger partial charge on any atom is -0.493 e. The van der Waals surface area contributed by atoms with E-state index in [0.29, 0.717) is 30.0 Å². The standard InChI is InChI=1S/C20H21N3O3/c1-25-18-9-4-15(14-19(18)26-2)10-12-21-20(24)16-5-7-17(8-6-16)23-13-3-11-22-23/h3-9,11,13-14H,10,12H2,1-2H3,(H,21,24). The average Bonchev–Trinajstić information content (AvgIpc) is 3.22. The summed E-state index contributed by atoms with van der Waals surface area (Å²) in [5, 5.41) is 7.10. The molecule has 6 heteroatoms. The van der Waals surface area contributed by atoms with Gasteiger partial charge in [0.15, 0.2) is 11.5 Å². The number of amides is 1. The molecule has 0 fully saturated rings. The third kappa shape index (κ3) is 4.03. The molecule has 1 heterocycles. The smallest absolute Gasteiger partial charge is 0.251 e. The van der Waals surface area contributed by atoms with Crippen LogP contribution in [0.3, 0.4) is 0 Å². The van der Waals surface area contributed by atoms with Gasteiger partial charge in [0.1, 0.15) is 0 Å². The van der Waals surface area contributed by atoms with Crippen LogP contribution >= 0.6 is 0 Å². The minimum atomic E-state index is -0.0995. The summed E-state index contributed by atoms with van der Waals surface area (Å²) in [5.41, 5.74) is 2.60. The third-order valence-corrected chi connectivity index (χ3v) is 4.05. The van der Waals surface area contributed by atoms with E-state index in [4.69, 9.17) is 9.47 Å². The lowest BCUT2D eigenvalue weighted by Crippen LogP contribution is -2.25. The first-order valence-electron chi connectivity index (χ1n) is 8.30. The molecule has 0 saturated carbocycles. The number of ether oxygens (including phenoxy) is 2. The van der Waals surface area contributed by atoms with Crippen molar-refractivity contribution in [3.63, 3.8) is 0 Å². The Balaban J connectivity index is 1.56. The van der Waals surface area contributed by atoms with E-state index < -0.39 is 0 Å². The topological polar surface area (TPSA) is 65.4 Å². The highest BCUT2D eigenvalue weighted by molar-refractivity contribution is 5.94. The van der Waals surface area contributed by atoms with Gasteiger partial charge in [0.25, 0.3) is 5.91 Å². The number of nitrogens with zero attached hydrogens (tertiary/aromatic N) is 2. The Morgan fingerprint density at radius 1 is 1.08 bits per heavy atom. The van der Waals surface area contributed by atoms with E-state index in [0.717, 1.165) is 11.3 Å². The zero-order valence-electron chi connectivity index (χ0n) is 14.8.